The monoisotopic (exact) mass is 317 g/mol. The fourth-order valence-electron chi connectivity index (χ4n) is 3.32. The SMILES string of the molecule is CCn1nnc2c1CCN(C(=O)c1cc(C)[nH]c1C)[C@H]2COC. The Morgan fingerprint density at radius 1 is 1.48 bits per heavy atom. The van der Waals surface area contributed by atoms with Gasteiger partial charge in [0.1, 0.15) is 11.7 Å². The second kappa shape index (κ2) is 6.16. The second-order valence-electron chi connectivity index (χ2n) is 5.95. The van der Waals surface area contributed by atoms with Gasteiger partial charge in [-0.1, -0.05) is 5.21 Å². The number of nitrogens with one attached hydrogen (secondary N) is 1. The van der Waals surface area contributed by atoms with E-state index in [1.165, 1.54) is 0 Å². The van der Waals surface area contributed by atoms with Crippen molar-refractivity contribution in [1.29, 1.82) is 0 Å². The number of fused-ring (bicyclic) bond motifs is 1. The summed E-state index contributed by atoms with van der Waals surface area (Å²) in [5.74, 6) is 0.0191. The van der Waals surface area contributed by atoms with Crippen molar-refractivity contribution in [2.45, 2.75) is 39.8 Å². The van der Waals surface area contributed by atoms with E-state index in [0.29, 0.717) is 13.2 Å². The maximum Gasteiger partial charge on any atom is 0.256 e. The Balaban J connectivity index is 1.96. The molecule has 124 valence electrons. The Kier molecular flexibility index (Phi) is 4.21. The lowest BCUT2D eigenvalue weighted by Gasteiger charge is -2.34. The summed E-state index contributed by atoms with van der Waals surface area (Å²) in [6, 6.07) is 1.71. The fourth-order valence-corrected chi connectivity index (χ4v) is 3.32. The number of ether oxygens (including phenoxy) is 1. The molecule has 1 amide bonds. The predicted octanol–water partition coefficient (Wildman–Crippen LogP) is 1.63. The number of amides is 1. The second-order valence-corrected chi connectivity index (χ2v) is 5.95. The van der Waals surface area contributed by atoms with E-state index in [2.05, 4.69) is 15.3 Å². The first kappa shape index (κ1) is 15.7. The highest BCUT2D eigenvalue weighted by atomic mass is 16.5. The first-order chi connectivity index (χ1) is 11.1. The third-order valence-corrected chi connectivity index (χ3v) is 4.41. The molecule has 0 saturated carbocycles. The Labute approximate surface area is 135 Å². The normalized spacial score (nSPS) is 17.4. The number of H-pyrrole nitrogens is 1. The molecule has 2 aromatic heterocycles. The van der Waals surface area contributed by atoms with Crippen LogP contribution in [-0.2, 0) is 17.7 Å². The summed E-state index contributed by atoms with van der Waals surface area (Å²) in [5.41, 5.74) is 4.57. The molecule has 3 heterocycles. The molecule has 0 saturated heterocycles. The van der Waals surface area contributed by atoms with Crippen LogP contribution in [0.15, 0.2) is 6.07 Å². The van der Waals surface area contributed by atoms with Crippen molar-refractivity contribution in [3.05, 3.63) is 34.4 Å². The van der Waals surface area contributed by atoms with Gasteiger partial charge in [-0.15, -0.1) is 5.10 Å². The molecule has 0 aliphatic carbocycles. The number of rotatable bonds is 4. The molecule has 7 heteroatoms. The van der Waals surface area contributed by atoms with Gasteiger partial charge in [-0.25, -0.2) is 4.68 Å². The Hall–Kier alpha value is -2.15. The Morgan fingerprint density at radius 2 is 2.26 bits per heavy atom. The van der Waals surface area contributed by atoms with Gasteiger partial charge in [0.15, 0.2) is 0 Å². The Morgan fingerprint density at radius 3 is 2.87 bits per heavy atom. The minimum absolute atomic E-state index is 0.0191. The summed E-state index contributed by atoms with van der Waals surface area (Å²) in [6.07, 6.45) is 0.768. The van der Waals surface area contributed by atoms with E-state index in [-0.39, 0.29) is 11.9 Å². The maximum absolute atomic E-state index is 13.0. The highest BCUT2D eigenvalue weighted by Crippen LogP contribution is 2.30. The van der Waals surface area contributed by atoms with E-state index in [1.54, 1.807) is 7.11 Å². The third-order valence-electron chi connectivity index (χ3n) is 4.41. The fraction of sp³-hybridized carbons (Fsp3) is 0.562. The number of nitrogens with zero attached hydrogens (tertiary/aromatic N) is 4. The highest BCUT2D eigenvalue weighted by Gasteiger charge is 2.35. The van der Waals surface area contributed by atoms with Crippen molar-refractivity contribution in [3.63, 3.8) is 0 Å². The van der Waals surface area contributed by atoms with Crippen LogP contribution in [0, 0.1) is 13.8 Å². The third kappa shape index (κ3) is 2.65. The smallest absolute Gasteiger partial charge is 0.256 e. The first-order valence-electron chi connectivity index (χ1n) is 7.95. The lowest BCUT2D eigenvalue weighted by atomic mass is 10.0. The molecule has 1 N–H and O–H groups in total. The summed E-state index contributed by atoms with van der Waals surface area (Å²) in [4.78, 5) is 18.1. The zero-order valence-electron chi connectivity index (χ0n) is 14.1. The average molecular weight is 317 g/mol. The number of carbonyl (C=O) groups excluding carboxylic acids is 1. The van der Waals surface area contributed by atoms with E-state index in [1.807, 2.05) is 36.4 Å². The van der Waals surface area contributed by atoms with Gasteiger partial charge in [-0.3, -0.25) is 4.79 Å². The minimum Gasteiger partial charge on any atom is -0.382 e. The molecule has 0 spiro atoms. The zero-order valence-corrected chi connectivity index (χ0v) is 14.1. The molecule has 1 aliphatic heterocycles. The van der Waals surface area contributed by atoms with Gasteiger partial charge >= 0.3 is 0 Å². The molecule has 0 aromatic carbocycles. The topological polar surface area (TPSA) is 76.0 Å². The number of hydrogen-bond acceptors (Lipinski definition) is 4. The molecule has 0 unspecified atom stereocenters. The van der Waals surface area contributed by atoms with Gasteiger partial charge in [0.2, 0.25) is 0 Å². The highest BCUT2D eigenvalue weighted by molar-refractivity contribution is 5.96. The number of aromatic nitrogens is 4. The van der Waals surface area contributed by atoms with Crippen molar-refractivity contribution in [1.82, 2.24) is 24.9 Å². The van der Waals surface area contributed by atoms with Crippen molar-refractivity contribution in [2.24, 2.45) is 0 Å². The minimum atomic E-state index is -0.189. The molecule has 7 nitrogen and oxygen atoms in total. The van der Waals surface area contributed by atoms with Crippen LogP contribution in [0.2, 0.25) is 0 Å². The van der Waals surface area contributed by atoms with Crippen LogP contribution >= 0.6 is 0 Å². The Bertz CT molecular complexity index is 718. The van der Waals surface area contributed by atoms with Crippen LogP contribution in [0.1, 0.15) is 46.1 Å². The summed E-state index contributed by atoms with van der Waals surface area (Å²) in [7, 11) is 1.65. The van der Waals surface area contributed by atoms with Crippen molar-refractivity contribution in [3.8, 4) is 0 Å². The van der Waals surface area contributed by atoms with Crippen LogP contribution in [0.25, 0.3) is 0 Å². The molecule has 2 aromatic rings. The number of carbonyl (C=O) groups is 1. The quantitative estimate of drug-likeness (QED) is 0.930. The van der Waals surface area contributed by atoms with Gasteiger partial charge in [0, 0.05) is 38.0 Å². The van der Waals surface area contributed by atoms with Crippen LogP contribution in [0.5, 0.6) is 0 Å². The molecule has 0 fully saturated rings. The van der Waals surface area contributed by atoms with Crippen LogP contribution in [0.3, 0.4) is 0 Å². The van der Waals surface area contributed by atoms with Gasteiger partial charge in [0.25, 0.3) is 5.91 Å². The van der Waals surface area contributed by atoms with Gasteiger partial charge in [0.05, 0.1) is 17.9 Å². The largest absolute Gasteiger partial charge is 0.382 e. The molecular formula is C16H23N5O2. The molecule has 0 bridgehead atoms. The number of aromatic amines is 1. The van der Waals surface area contributed by atoms with Crippen molar-refractivity contribution < 1.29 is 9.53 Å². The maximum atomic E-state index is 13.0. The van der Waals surface area contributed by atoms with Gasteiger partial charge in [-0.2, -0.15) is 0 Å². The molecule has 23 heavy (non-hydrogen) atoms. The number of methoxy groups -OCH3 is 1. The lowest BCUT2D eigenvalue weighted by Crippen LogP contribution is -2.42. The van der Waals surface area contributed by atoms with Crippen molar-refractivity contribution in [2.75, 3.05) is 20.3 Å². The lowest BCUT2D eigenvalue weighted by molar-refractivity contribution is 0.0490. The summed E-state index contributed by atoms with van der Waals surface area (Å²) in [6.45, 7) is 7.78. The zero-order chi connectivity index (χ0) is 16.6. The molecule has 1 aliphatic rings. The van der Waals surface area contributed by atoms with Crippen LogP contribution in [0.4, 0.5) is 0 Å². The van der Waals surface area contributed by atoms with Crippen LogP contribution < -0.4 is 0 Å². The van der Waals surface area contributed by atoms with E-state index < -0.39 is 0 Å². The summed E-state index contributed by atoms with van der Waals surface area (Å²) < 4.78 is 7.26. The van der Waals surface area contributed by atoms with Gasteiger partial charge < -0.3 is 14.6 Å². The summed E-state index contributed by atoms with van der Waals surface area (Å²) in [5, 5.41) is 8.52. The van der Waals surface area contributed by atoms with E-state index in [9.17, 15) is 4.79 Å². The summed E-state index contributed by atoms with van der Waals surface area (Å²) >= 11 is 0. The number of hydrogen-bond donors (Lipinski definition) is 1. The van der Waals surface area contributed by atoms with E-state index in [4.69, 9.17) is 4.74 Å². The van der Waals surface area contributed by atoms with E-state index >= 15 is 0 Å². The van der Waals surface area contributed by atoms with Gasteiger partial charge in [-0.05, 0) is 26.8 Å². The van der Waals surface area contributed by atoms with E-state index in [0.717, 1.165) is 41.3 Å². The standard InChI is InChI=1S/C16H23N5O2/c1-5-21-13-6-7-20(14(9-23-4)15(13)18-19-21)16(22)12-8-10(2)17-11(12)3/h8,14,17H,5-7,9H2,1-4H3/t14-/m0/s1. The predicted molar refractivity (Wildman–Crippen MR) is 85.3 cm³/mol. The average Bonchev–Trinajstić information content (AvgIpc) is 3.10. The molecule has 0 radical (unpaired) electrons. The molecular weight excluding hydrogens is 294 g/mol. The van der Waals surface area contributed by atoms with Crippen molar-refractivity contribution >= 4 is 5.91 Å². The molecule has 3 rings (SSSR count). The number of aryl methyl sites for hydroxylation is 3. The van der Waals surface area contributed by atoms with Crippen LogP contribution in [-0.4, -0.2) is 51.0 Å². The molecule has 1 atom stereocenters. The first-order valence-corrected chi connectivity index (χ1v) is 7.95.